The number of aromatic nitrogens is 2. The molecule has 0 saturated heterocycles. The number of thiazole rings is 1. The molecule has 0 aromatic carbocycles. The molecule has 0 aliphatic rings. The number of hydrogen-bond acceptors (Lipinski definition) is 5. The molecule has 0 aliphatic carbocycles. The van der Waals surface area contributed by atoms with Gasteiger partial charge in [-0.3, -0.25) is 9.20 Å². The van der Waals surface area contributed by atoms with Gasteiger partial charge in [-0.15, -0.1) is 11.3 Å². The van der Waals surface area contributed by atoms with Crippen molar-refractivity contribution in [3.05, 3.63) is 47.6 Å². The van der Waals surface area contributed by atoms with Gasteiger partial charge in [0.1, 0.15) is 11.5 Å². The summed E-state index contributed by atoms with van der Waals surface area (Å²) in [7, 11) is 0. The fourth-order valence-electron chi connectivity index (χ4n) is 1.75. The molecular formula is C13H12N4O2S. The third-order valence-corrected chi connectivity index (χ3v) is 3.48. The number of nitrogens with zero attached hydrogens (tertiary/aromatic N) is 3. The highest BCUT2D eigenvalue weighted by molar-refractivity contribution is 7.15. The van der Waals surface area contributed by atoms with Gasteiger partial charge < -0.3 is 4.42 Å². The molecule has 3 rings (SSSR count). The number of hydrazone groups is 1. The number of amides is 1. The second-order valence-corrected chi connectivity index (χ2v) is 5.08. The van der Waals surface area contributed by atoms with E-state index in [1.54, 1.807) is 25.3 Å². The number of furan rings is 1. The third-order valence-electron chi connectivity index (χ3n) is 2.71. The summed E-state index contributed by atoms with van der Waals surface area (Å²) in [6.07, 6.45) is 5.51. The molecule has 3 heterocycles. The van der Waals surface area contributed by atoms with Crippen LogP contribution in [-0.2, 0) is 11.2 Å². The third kappa shape index (κ3) is 2.62. The van der Waals surface area contributed by atoms with Crippen LogP contribution >= 0.6 is 11.3 Å². The standard InChI is InChI=1S/C13H12N4O2S/c1-9(11-3-2-5-19-11)15-16-12(18)7-10-8-17-4-6-20-13(17)14-10/h2-6,8H,7H2,1H3,(H,16,18). The van der Waals surface area contributed by atoms with Gasteiger partial charge in [-0.1, -0.05) is 0 Å². The minimum atomic E-state index is -0.207. The van der Waals surface area contributed by atoms with Crippen LogP contribution in [0, 0.1) is 0 Å². The SMILES string of the molecule is CC(=NNC(=O)Cc1cn2ccsc2n1)c1ccco1. The van der Waals surface area contributed by atoms with Gasteiger partial charge in [0.25, 0.3) is 0 Å². The number of rotatable bonds is 4. The quantitative estimate of drug-likeness (QED) is 0.590. The van der Waals surface area contributed by atoms with Gasteiger partial charge in [0, 0.05) is 17.8 Å². The van der Waals surface area contributed by atoms with Crippen molar-refractivity contribution in [1.82, 2.24) is 14.8 Å². The Bertz CT molecular complexity index is 726. The van der Waals surface area contributed by atoms with Crippen LogP contribution in [0.15, 0.2) is 45.7 Å². The first-order chi connectivity index (χ1) is 9.72. The van der Waals surface area contributed by atoms with Crippen LogP contribution in [0.25, 0.3) is 4.96 Å². The molecule has 6 nitrogen and oxygen atoms in total. The average Bonchev–Trinajstić information content (AvgIpc) is 3.11. The van der Waals surface area contributed by atoms with Gasteiger partial charge in [-0.25, -0.2) is 10.4 Å². The number of imidazole rings is 1. The molecule has 0 atom stereocenters. The number of carbonyl (C=O) groups is 1. The maximum atomic E-state index is 11.8. The van der Waals surface area contributed by atoms with Gasteiger partial charge in [-0.2, -0.15) is 5.10 Å². The largest absolute Gasteiger partial charge is 0.463 e. The molecule has 0 fully saturated rings. The summed E-state index contributed by atoms with van der Waals surface area (Å²) < 4.78 is 7.07. The highest BCUT2D eigenvalue weighted by Crippen LogP contribution is 2.11. The summed E-state index contributed by atoms with van der Waals surface area (Å²) in [5.74, 6) is 0.425. The molecule has 3 aromatic heterocycles. The van der Waals surface area contributed by atoms with Crippen LogP contribution in [0.4, 0.5) is 0 Å². The molecule has 102 valence electrons. The first kappa shape index (κ1) is 12.6. The lowest BCUT2D eigenvalue weighted by Crippen LogP contribution is -2.21. The monoisotopic (exact) mass is 288 g/mol. The molecule has 0 aliphatic heterocycles. The molecule has 3 aromatic rings. The van der Waals surface area contributed by atoms with E-state index in [0.29, 0.717) is 11.5 Å². The van der Waals surface area contributed by atoms with Gasteiger partial charge in [0.15, 0.2) is 4.96 Å². The normalized spacial score (nSPS) is 11.9. The second kappa shape index (κ2) is 5.30. The molecule has 7 heteroatoms. The van der Waals surface area contributed by atoms with Crippen LogP contribution in [-0.4, -0.2) is 21.0 Å². The zero-order chi connectivity index (χ0) is 13.9. The first-order valence-corrected chi connectivity index (χ1v) is 6.88. The van der Waals surface area contributed by atoms with Crippen LogP contribution < -0.4 is 5.43 Å². The average molecular weight is 288 g/mol. The smallest absolute Gasteiger partial charge is 0.246 e. The summed E-state index contributed by atoms with van der Waals surface area (Å²) in [4.78, 5) is 17.0. The molecule has 0 bridgehead atoms. The fraction of sp³-hybridized carbons (Fsp3) is 0.154. The summed E-state index contributed by atoms with van der Waals surface area (Å²) in [5.41, 5.74) is 3.84. The highest BCUT2D eigenvalue weighted by atomic mass is 32.1. The Morgan fingerprint density at radius 2 is 2.50 bits per heavy atom. The van der Waals surface area contributed by atoms with Crippen molar-refractivity contribution in [2.24, 2.45) is 5.10 Å². The number of hydrogen-bond donors (Lipinski definition) is 1. The first-order valence-electron chi connectivity index (χ1n) is 6.00. The Labute approximate surface area is 118 Å². The molecule has 0 saturated carbocycles. The topological polar surface area (TPSA) is 71.9 Å². The molecule has 1 N–H and O–H groups in total. The van der Waals surface area contributed by atoms with Crippen molar-refractivity contribution in [3.8, 4) is 0 Å². The molecule has 0 radical (unpaired) electrons. The fourth-order valence-corrected chi connectivity index (χ4v) is 2.47. The van der Waals surface area contributed by atoms with Crippen molar-refractivity contribution in [2.45, 2.75) is 13.3 Å². The van der Waals surface area contributed by atoms with E-state index in [9.17, 15) is 4.79 Å². The summed E-state index contributed by atoms with van der Waals surface area (Å²) >= 11 is 1.53. The van der Waals surface area contributed by atoms with E-state index in [1.165, 1.54) is 11.3 Å². The Morgan fingerprint density at radius 1 is 1.60 bits per heavy atom. The van der Waals surface area contributed by atoms with Gasteiger partial charge in [0.05, 0.1) is 18.4 Å². The molecule has 0 unspecified atom stereocenters. The van der Waals surface area contributed by atoms with Crippen LogP contribution in [0.1, 0.15) is 18.4 Å². The van der Waals surface area contributed by atoms with E-state index in [4.69, 9.17) is 4.42 Å². The maximum Gasteiger partial charge on any atom is 0.246 e. The number of fused-ring (bicyclic) bond motifs is 1. The van der Waals surface area contributed by atoms with Crippen LogP contribution in [0.3, 0.4) is 0 Å². The summed E-state index contributed by atoms with van der Waals surface area (Å²) in [5, 5.41) is 5.94. The van der Waals surface area contributed by atoms with Crippen molar-refractivity contribution in [2.75, 3.05) is 0 Å². The lowest BCUT2D eigenvalue weighted by atomic mass is 10.3. The molecular weight excluding hydrogens is 276 g/mol. The van der Waals surface area contributed by atoms with Crippen LogP contribution in [0.5, 0.6) is 0 Å². The zero-order valence-corrected chi connectivity index (χ0v) is 11.6. The predicted octanol–water partition coefficient (Wildman–Crippen LogP) is 2.07. The van der Waals surface area contributed by atoms with Crippen molar-refractivity contribution in [1.29, 1.82) is 0 Å². The van der Waals surface area contributed by atoms with E-state index < -0.39 is 0 Å². The van der Waals surface area contributed by atoms with E-state index in [2.05, 4.69) is 15.5 Å². The Kier molecular flexibility index (Phi) is 3.34. The van der Waals surface area contributed by atoms with E-state index in [1.807, 2.05) is 22.2 Å². The minimum Gasteiger partial charge on any atom is -0.463 e. The molecule has 1 amide bonds. The van der Waals surface area contributed by atoms with E-state index >= 15 is 0 Å². The minimum absolute atomic E-state index is 0.198. The lowest BCUT2D eigenvalue weighted by molar-refractivity contribution is -0.120. The summed E-state index contributed by atoms with van der Waals surface area (Å²) in [6.45, 7) is 1.77. The Balaban J connectivity index is 1.62. The van der Waals surface area contributed by atoms with E-state index in [0.717, 1.165) is 10.7 Å². The zero-order valence-electron chi connectivity index (χ0n) is 10.7. The van der Waals surface area contributed by atoms with Gasteiger partial charge in [0.2, 0.25) is 5.91 Å². The Hall–Kier alpha value is -2.41. The highest BCUT2D eigenvalue weighted by Gasteiger charge is 2.08. The Morgan fingerprint density at radius 3 is 3.25 bits per heavy atom. The van der Waals surface area contributed by atoms with Crippen molar-refractivity contribution >= 4 is 27.9 Å². The van der Waals surface area contributed by atoms with Crippen molar-refractivity contribution in [3.63, 3.8) is 0 Å². The molecule has 20 heavy (non-hydrogen) atoms. The van der Waals surface area contributed by atoms with Gasteiger partial charge >= 0.3 is 0 Å². The lowest BCUT2D eigenvalue weighted by Gasteiger charge is -1.99. The number of carbonyl (C=O) groups excluding carboxylic acids is 1. The maximum absolute atomic E-state index is 11.8. The molecule has 0 spiro atoms. The van der Waals surface area contributed by atoms with E-state index in [-0.39, 0.29) is 12.3 Å². The summed E-state index contributed by atoms with van der Waals surface area (Å²) in [6, 6.07) is 3.56. The van der Waals surface area contributed by atoms with Crippen LogP contribution in [0.2, 0.25) is 0 Å². The van der Waals surface area contributed by atoms with Gasteiger partial charge in [-0.05, 0) is 19.1 Å². The predicted molar refractivity (Wildman–Crippen MR) is 75.8 cm³/mol. The second-order valence-electron chi connectivity index (χ2n) is 4.21. The van der Waals surface area contributed by atoms with Crippen molar-refractivity contribution < 1.29 is 9.21 Å². The number of nitrogens with one attached hydrogen (secondary N) is 1.